The van der Waals surface area contributed by atoms with Crippen LogP contribution in [0.1, 0.15) is 24.3 Å². The molecule has 0 bridgehead atoms. The van der Waals surface area contributed by atoms with Crippen LogP contribution in [0, 0.1) is 5.92 Å². The van der Waals surface area contributed by atoms with E-state index < -0.39 is 0 Å². The predicted octanol–water partition coefficient (Wildman–Crippen LogP) is 2.86. The maximum atomic E-state index is 12.4. The summed E-state index contributed by atoms with van der Waals surface area (Å²) in [6.45, 7) is 2.84. The molecule has 1 aromatic carbocycles. The number of furan rings is 1. The molecule has 2 aromatic heterocycles. The molecule has 0 saturated carbocycles. The Labute approximate surface area is 157 Å². The van der Waals surface area contributed by atoms with Gasteiger partial charge >= 0.3 is 0 Å². The molecule has 1 N–H and O–H groups in total. The summed E-state index contributed by atoms with van der Waals surface area (Å²) in [5, 5.41) is 11.1. The van der Waals surface area contributed by atoms with Crippen molar-refractivity contribution in [2.75, 3.05) is 13.1 Å². The first-order chi connectivity index (χ1) is 13.3. The Morgan fingerprint density at radius 1 is 1.11 bits per heavy atom. The Balaban J connectivity index is 1.23. The van der Waals surface area contributed by atoms with Gasteiger partial charge in [-0.1, -0.05) is 30.3 Å². The second-order valence-electron chi connectivity index (χ2n) is 6.73. The van der Waals surface area contributed by atoms with Crippen molar-refractivity contribution in [2.24, 2.45) is 5.92 Å². The van der Waals surface area contributed by atoms with Crippen LogP contribution in [0.3, 0.4) is 0 Å². The van der Waals surface area contributed by atoms with Crippen molar-refractivity contribution in [1.82, 2.24) is 20.4 Å². The summed E-state index contributed by atoms with van der Waals surface area (Å²) in [7, 11) is 0. The lowest BCUT2D eigenvalue weighted by molar-refractivity contribution is -0.126. The van der Waals surface area contributed by atoms with E-state index in [-0.39, 0.29) is 11.8 Å². The van der Waals surface area contributed by atoms with Crippen LogP contribution < -0.4 is 5.32 Å². The Morgan fingerprint density at radius 3 is 2.67 bits per heavy atom. The summed E-state index contributed by atoms with van der Waals surface area (Å²) in [5.41, 5.74) is 1.12. The van der Waals surface area contributed by atoms with E-state index in [1.165, 1.54) is 0 Å². The Kier molecular flexibility index (Phi) is 5.29. The van der Waals surface area contributed by atoms with Crippen molar-refractivity contribution in [3.8, 4) is 11.7 Å². The number of carbonyl (C=O) groups is 1. The van der Waals surface area contributed by atoms with Gasteiger partial charge in [0.15, 0.2) is 5.76 Å². The van der Waals surface area contributed by atoms with Crippen LogP contribution in [0.4, 0.5) is 0 Å². The number of rotatable bonds is 6. The third kappa shape index (κ3) is 4.43. The van der Waals surface area contributed by atoms with E-state index >= 15 is 0 Å². The van der Waals surface area contributed by atoms with Gasteiger partial charge in [-0.25, -0.2) is 0 Å². The fourth-order valence-corrected chi connectivity index (χ4v) is 3.29. The smallest absolute Gasteiger partial charge is 0.283 e. The predicted molar refractivity (Wildman–Crippen MR) is 98.3 cm³/mol. The molecule has 1 aliphatic rings. The number of amides is 1. The van der Waals surface area contributed by atoms with Gasteiger partial charge in [-0.15, -0.1) is 10.2 Å². The average molecular weight is 366 g/mol. The third-order valence-electron chi connectivity index (χ3n) is 4.83. The molecule has 27 heavy (non-hydrogen) atoms. The minimum Gasteiger partial charge on any atom is -0.459 e. The van der Waals surface area contributed by atoms with Gasteiger partial charge in [0.1, 0.15) is 0 Å². The van der Waals surface area contributed by atoms with Crippen molar-refractivity contribution in [2.45, 2.75) is 25.9 Å². The topological polar surface area (TPSA) is 84.4 Å². The number of hydrogen-bond acceptors (Lipinski definition) is 6. The molecule has 3 aromatic rings. The summed E-state index contributed by atoms with van der Waals surface area (Å²) in [6, 6.07) is 13.5. The molecule has 7 nitrogen and oxygen atoms in total. The van der Waals surface area contributed by atoms with Crippen molar-refractivity contribution < 1.29 is 13.6 Å². The standard InChI is InChI=1S/C20H22N4O3/c25-19(21-13-15-5-2-1-3-6-15)16-8-10-24(11-9-16)14-18-22-23-20(27-18)17-7-4-12-26-17/h1-7,12,16H,8-11,13-14H2,(H,21,25). The normalized spacial score (nSPS) is 15.7. The molecule has 140 valence electrons. The molecule has 1 saturated heterocycles. The summed E-state index contributed by atoms with van der Waals surface area (Å²) < 4.78 is 10.9. The van der Waals surface area contributed by atoms with Crippen molar-refractivity contribution >= 4 is 5.91 Å². The second-order valence-corrected chi connectivity index (χ2v) is 6.73. The SMILES string of the molecule is O=C(NCc1ccccc1)C1CCN(Cc2nnc(-c3ccco3)o2)CC1. The number of likely N-dealkylation sites (tertiary alicyclic amines) is 1. The fourth-order valence-electron chi connectivity index (χ4n) is 3.29. The molecule has 0 unspecified atom stereocenters. The number of aromatic nitrogens is 2. The first-order valence-electron chi connectivity index (χ1n) is 9.18. The van der Waals surface area contributed by atoms with Gasteiger partial charge in [0.05, 0.1) is 12.8 Å². The van der Waals surface area contributed by atoms with Gasteiger partial charge in [-0.3, -0.25) is 9.69 Å². The van der Waals surface area contributed by atoms with Gasteiger partial charge in [-0.2, -0.15) is 0 Å². The number of nitrogens with one attached hydrogen (secondary N) is 1. The summed E-state index contributed by atoms with van der Waals surface area (Å²) in [6.07, 6.45) is 3.24. The van der Waals surface area contributed by atoms with Gasteiger partial charge in [0.25, 0.3) is 5.89 Å². The summed E-state index contributed by atoms with van der Waals surface area (Å²) in [4.78, 5) is 14.6. The van der Waals surface area contributed by atoms with E-state index in [1.807, 2.05) is 30.3 Å². The van der Waals surface area contributed by atoms with Crippen molar-refractivity contribution in [3.05, 3.63) is 60.2 Å². The van der Waals surface area contributed by atoms with Crippen LogP contribution in [0.5, 0.6) is 0 Å². The average Bonchev–Trinajstić information content (AvgIpc) is 3.39. The highest BCUT2D eigenvalue weighted by molar-refractivity contribution is 5.78. The molecule has 1 fully saturated rings. The van der Waals surface area contributed by atoms with E-state index in [2.05, 4.69) is 20.4 Å². The summed E-state index contributed by atoms with van der Waals surface area (Å²) >= 11 is 0. The van der Waals surface area contributed by atoms with Gasteiger partial charge in [-0.05, 0) is 43.6 Å². The van der Waals surface area contributed by atoms with E-state index in [0.29, 0.717) is 30.6 Å². The molecular formula is C20H22N4O3. The minimum atomic E-state index is 0.0614. The number of carbonyl (C=O) groups excluding carboxylic acids is 1. The van der Waals surface area contributed by atoms with Gasteiger partial charge in [0, 0.05) is 12.5 Å². The largest absolute Gasteiger partial charge is 0.459 e. The maximum Gasteiger partial charge on any atom is 0.283 e. The van der Waals surface area contributed by atoms with Gasteiger partial charge < -0.3 is 14.2 Å². The zero-order valence-electron chi connectivity index (χ0n) is 15.0. The number of piperidine rings is 1. The van der Waals surface area contributed by atoms with Crippen LogP contribution >= 0.6 is 0 Å². The number of benzene rings is 1. The first-order valence-corrected chi connectivity index (χ1v) is 9.18. The zero-order chi connectivity index (χ0) is 18.5. The number of nitrogens with zero attached hydrogens (tertiary/aromatic N) is 3. The molecule has 1 aliphatic heterocycles. The lowest BCUT2D eigenvalue weighted by Gasteiger charge is -2.30. The van der Waals surface area contributed by atoms with Crippen LogP contribution in [0.25, 0.3) is 11.7 Å². The van der Waals surface area contributed by atoms with E-state index in [9.17, 15) is 4.79 Å². The van der Waals surface area contributed by atoms with Crippen molar-refractivity contribution in [3.63, 3.8) is 0 Å². The van der Waals surface area contributed by atoms with E-state index in [4.69, 9.17) is 8.83 Å². The molecule has 0 aliphatic carbocycles. The monoisotopic (exact) mass is 366 g/mol. The summed E-state index contributed by atoms with van der Waals surface area (Å²) in [5.74, 6) is 1.73. The highest BCUT2D eigenvalue weighted by Gasteiger charge is 2.26. The lowest BCUT2D eigenvalue weighted by Crippen LogP contribution is -2.40. The quantitative estimate of drug-likeness (QED) is 0.722. The van der Waals surface area contributed by atoms with Crippen molar-refractivity contribution in [1.29, 1.82) is 0 Å². The second kappa shape index (κ2) is 8.18. The molecule has 7 heteroatoms. The Hall–Kier alpha value is -2.93. The van der Waals surface area contributed by atoms with Crippen LogP contribution in [0.2, 0.25) is 0 Å². The molecule has 1 amide bonds. The molecule has 0 atom stereocenters. The van der Waals surface area contributed by atoms with Gasteiger partial charge in [0.2, 0.25) is 11.8 Å². The van der Waals surface area contributed by atoms with Crippen LogP contribution in [-0.2, 0) is 17.9 Å². The molecular weight excluding hydrogens is 344 g/mol. The third-order valence-corrected chi connectivity index (χ3v) is 4.83. The molecule has 4 rings (SSSR count). The Bertz CT molecular complexity index is 853. The van der Waals surface area contributed by atoms with E-state index in [0.717, 1.165) is 31.5 Å². The fraction of sp³-hybridized carbons (Fsp3) is 0.350. The highest BCUT2D eigenvalue weighted by Crippen LogP contribution is 2.21. The van der Waals surface area contributed by atoms with Crippen LogP contribution in [0.15, 0.2) is 57.6 Å². The molecule has 0 spiro atoms. The minimum absolute atomic E-state index is 0.0614. The maximum absolute atomic E-state index is 12.4. The Morgan fingerprint density at radius 2 is 1.93 bits per heavy atom. The lowest BCUT2D eigenvalue weighted by atomic mass is 9.96. The van der Waals surface area contributed by atoms with Crippen LogP contribution in [-0.4, -0.2) is 34.1 Å². The molecule has 0 radical (unpaired) electrons. The molecule has 3 heterocycles. The van der Waals surface area contributed by atoms with E-state index in [1.54, 1.807) is 18.4 Å². The number of hydrogen-bond donors (Lipinski definition) is 1. The first kappa shape index (κ1) is 17.5. The highest BCUT2D eigenvalue weighted by atomic mass is 16.4. The zero-order valence-corrected chi connectivity index (χ0v) is 15.0.